The first-order valence-corrected chi connectivity index (χ1v) is 9.40. The first-order chi connectivity index (χ1) is 11.2. The number of carbonyl (C=O) groups is 1. The van der Waals surface area contributed by atoms with Crippen molar-refractivity contribution in [3.05, 3.63) is 63.6 Å². The quantitative estimate of drug-likeness (QED) is 0.707. The van der Waals surface area contributed by atoms with Crippen molar-refractivity contribution in [1.82, 2.24) is 4.31 Å². The molecule has 2 rings (SSSR count). The number of rotatable bonds is 5. The van der Waals surface area contributed by atoms with Gasteiger partial charge in [0.05, 0.1) is 10.5 Å². The third-order valence-corrected chi connectivity index (χ3v) is 6.23. The summed E-state index contributed by atoms with van der Waals surface area (Å²) >= 11 is 3.21. The van der Waals surface area contributed by atoms with E-state index in [9.17, 15) is 13.2 Å². The smallest absolute Gasteiger partial charge is 0.338 e. The molecule has 0 N–H and O–H groups in total. The van der Waals surface area contributed by atoms with E-state index in [0.717, 1.165) is 15.4 Å². The van der Waals surface area contributed by atoms with Crippen LogP contribution >= 0.6 is 15.9 Å². The second-order valence-electron chi connectivity index (χ2n) is 5.49. The maximum Gasteiger partial charge on any atom is 0.338 e. The zero-order valence-electron chi connectivity index (χ0n) is 13.6. The molecule has 7 heteroatoms. The average Bonchev–Trinajstić information content (AvgIpc) is 2.54. The lowest BCUT2D eigenvalue weighted by Gasteiger charge is -2.14. The molecule has 0 unspecified atom stereocenters. The Bertz CT molecular complexity index is 845. The van der Waals surface area contributed by atoms with Gasteiger partial charge >= 0.3 is 5.97 Å². The van der Waals surface area contributed by atoms with Crippen molar-refractivity contribution < 1.29 is 17.9 Å². The van der Waals surface area contributed by atoms with Crippen LogP contribution in [0.5, 0.6) is 0 Å². The third kappa shape index (κ3) is 4.23. The molecule has 128 valence electrons. The van der Waals surface area contributed by atoms with Crippen LogP contribution in [-0.4, -0.2) is 32.8 Å². The average molecular weight is 412 g/mol. The predicted octanol–water partition coefficient (Wildman–Crippen LogP) is 3.36. The van der Waals surface area contributed by atoms with Crippen LogP contribution in [0.3, 0.4) is 0 Å². The summed E-state index contributed by atoms with van der Waals surface area (Å²) in [5.41, 5.74) is 2.18. The highest BCUT2D eigenvalue weighted by molar-refractivity contribution is 9.10. The van der Waals surface area contributed by atoms with E-state index in [4.69, 9.17) is 4.74 Å². The Labute approximate surface area is 150 Å². The van der Waals surface area contributed by atoms with E-state index in [2.05, 4.69) is 15.9 Å². The van der Waals surface area contributed by atoms with Gasteiger partial charge in [0, 0.05) is 18.6 Å². The number of nitrogens with zero attached hydrogens (tertiary/aromatic N) is 1. The lowest BCUT2D eigenvalue weighted by Crippen LogP contribution is -2.23. The van der Waals surface area contributed by atoms with Gasteiger partial charge < -0.3 is 4.74 Å². The Balaban J connectivity index is 2.20. The largest absolute Gasteiger partial charge is 0.457 e. The van der Waals surface area contributed by atoms with Gasteiger partial charge in [0.15, 0.2) is 0 Å². The number of aryl methyl sites for hydroxylation is 1. The highest BCUT2D eigenvalue weighted by atomic mass is 79.9. The van der Waals surface area contributed by atoms with Gasteiger partial charge in [0.1, 0.15) is 6.61 Å². The van der Waals surface area contributed by atoms with Crippen molar-refractivity contribution in [3.63, 3.8) is 0 Å². The molecule has 0 saturated carbocycles. The highest BCUT2D eigenvalue weighted by Gasteiger charge is 2.22. The first kappa shape index (κ1) is 18.6. The molecule has 0 aliphatic carbocycles. The van der Waals surface area contributed by atoms with Crippen LogP contribution in [-0.2, 0) is 21.4 Å². The Hall–Kier alpha value is -1.70. The van der Waals surface area contributed by atoms with E-state index in [0.29, 0.717) is 4.47 Å². The number of esters is 1. The van der Waals surface area contributed by atoms with Gasteiger partial charge in [-0.15, -0.1) is 0 Å². The molecule has 0 spiro atoms. The normalized spacial score (nSPS) is 11.5. The molecule has 24 heavy (non-hydrogen) atoms. The number of sulfonamides is 1. The molecule has 0 aliphatic rings. The van der Waals surface area contributed by atoms with Gasteiger partial charge in [0.2, 0.25) is 10.0 Å². The number of benzene rings is 2. The van der Waals surface area contributed by atoms with E-state index in [1.165, 1.54) is 32.3 Å². The lowest BCUT2D eigenvalue weighted by molar-refractivity contribution is 0.0472. The molecule has 0 radical (unpaired) electrons. The minimum absolute atomic E-state index is 0.0253. The van der Waals surface area contributed by atoms with Crippen molar-refractivity contribution in [2.75, 3.05) is 14.1 Å². The zero-order chi connectivity index (χ0) is 17.9. The SMILES string of the molecule is Cc1ccc(COC(=O)c2ccc(Br)c(S(=O)(=O)N(C)C)c2)cc1. The van der Waals surface area contributed by atoms with Crippen LogP contribution in [0, 0.1) is 6.92 Å². The van der Waals surface area contributed by atoms with Crippen LogP contribution in [0.4, 0.5) is 0 Å². The van der Waals surface area contributed by atoms with Crippen molar-refractivity contribution in [2.24, 2.45) is 0 Å². The maximum absolute atomic E-state index is 12.3. The van der Waals surface area contributed by atoms with E-state index < -0.39 is 16.0 Å². The Morgan fingerprint density at radius 3 is 2.33 bits per heavy atom. The molecule has 2 aromatic rings. The van der Waals surface area contributed by atoms with Crippen LogP contribution in [0.25, 0.3) is 0 Å². The number of hydrogen-bond acceptors (Lipinski definition) is 4. The molecular formula is C17H18BrNO4S. The van der Waals surface area contributed by atoms with Crippen LogP contribution in [0.2, 0.25) is 0 Å². The molecule has 0 aliphatic heterocycles. The number of halogens is 1. The Morgan fingerprint density at radius 1 is 1.12 bits per heavy atom. The molecular weight excluding hydrogens is 394 g/mol. The van der Waals surface area contributed by atoms with E-state index in [1.807, 2.05) is 31.2 Å². The van der Waals surface area contributed by atoms with Gasteiger partial charge in [-0.2, -0.15) is 0 Å². The van der Waals surface area contributed by atoms with E-state index in [1.54, 1.807) is 0 Å². The highest BCUT2D eigenvalue weighted by Crippen LogP contribution is 2.25. The summed E-state index contributed by atoms with van der Waals surface area (Å²) in [6, 6.07) is 12.0. The minimum Gasteiger partial charge on any atom is -0.457 e. The van der Waals surface area contributed by atoms with E-state index in [-0.39, 0.29) is 17.1 Å². The maximum atomic E-state index is 12.3. The minimum atomic E-state index is -3.66. The van der Waals surface area contributed by atoms with Gasteiger partial charge in [-0.3, -0.25) is 0 Å². The van der Waals surface area contributed by atoms with Crippen molar-refractivity contribution in [1.29, 1.82) is 0 Å². The molecule has 0 aromatic heterocycles. The lowest BCUT2D eigenvalue weighted by atomic mass is 10.2. The predicted molar refractivity (Wildman–Crippen MR) is 95.3 cm³/mol. The fourth-order valence-corrected chi connectivity index (χ4v) is 3.79. The number of hydrogen-bond donors (Lipinski definition) is 0. The summed E-state index contributed by atoms with van der Waals surface area (Å²) < 4.78 is 31.3. The number of ether oxygens (including phenoxy) is 1. The molecule has 0 atom stereocenters. The standard InChI is InChI=1S/C17H18BrNO4S/c1-12-4-6-13(7-5-12)11-23-17(20)14-8-9-15(18)16(10-14)24(21,22)19(2)3/h4-10H,11H2,1-3H3. The van der Waals surface area contributed by atoms with Crippen molar-refractivity contribution >= 4 is 31.9 Å². The summed E-state index contributed by atoms with van der Waals surface area (Å²) in [6.45, 7) is 2.11. The summed E-state index contributed by atoms with van der Waals surface area (Å²) in [4.78, 5) is 12.2. The fraction of sp³-hybridized carbons (Fsp3) is 0.235. The topological polar surface area (TPSA) is 63.7 Å². The van der Waals surface area contributed by atoms with Crippen molar-refractivity contribution in [3.8, 4) is 0 Å². The van der Waals surface area contributed by atoms with Crippen LogP contribution in [0.15, 0.2) is 51.8 Å². The Kier molecular flexibility index (Phi) is 5.79. The van der Waals surface area contributed by atoms with Gasteiger partial charge in [-0.1, -0.05) is 29.8 Å². The molecule has 5 nitrogen and oxygen atoms in total. The van der Waals surface area contributed by atoms with Gasteiger partial charge in [-0.25, -0.2) is 17.5 Å². The third-order valence-electron chi connectivity index (χ3n) is 3.42. The molecule has 2 aromatic carbocycles. The number of carbonyl (C=O) groups excluding carboxylic acids is 1. The summed E-state index contributed by atoms with van der Waals surface area (Å²) in [5.74, 6) is -0.571. The van der Waals surface area contributed by atoms with E-state index >= 15 is 0 Å². The summed E-state index contributed by atoms with van der Waals surface area (Å²) in [5, 5.41) is 0. The van der Waals surface area contributed by atoms with Crippen molar-refractivity contribution in [2.45, 2.75) is 18.4 Å². The monoisotopic (exact) mass is 411 g/mol. The zero-order valence-corrected chi connectivity index (χ0v) is 16.0. The Morgan fingerprint density at radius 2 is 1.75 bits per heavy atom. The summed E-state index contributed by atoms with van der Waals surface area (Å²) in [6.07, 6.45) is 0. The van der Waals surface area contributed by atoms with Crippen LogP contribution < -0.4 is 0 Å². The summed E-state index contributed by atoms with van der Waals surface area (Å²) in [7, 11) is -0.787. The van der Waals surface area contributed by atoms with Gasteiger partial charge in [-0.05, 0) is 46.6 Å². The second kappa shape index (κ2) is 7.46. The first-order valence-electron chi connectivity index (χ1n) is 7.16. The molecule has 0 fully saturated rings. The molecule has 0 saturated heterocycles. The fourth-order valence-electron chi connectivity index (χ4n) is 1.94. The molecule has 0 heterocycles. The second-order valence-corrected chi connectivity index (χ2v) is 8.47. The molecule has 0 bridgehead atoms. The van der Waals surface area contributed by atoms with Gasteiger partial charge in [0.25, 0.3) is 0 Å². The molecule has 0 amide bonds. The van der Waals surface area contributed by atoms with Crippen LogP contribution in [0.1, 0.15) is 21.5 Å².